The van der Waals surface area contributed by atoms with Crippen LogP contribution in [0.25, 0.3) is 0 Å². The highest BCUT2D eigenvalue weighted by Crippen LogP contribution is 2.24. The van der Waals surface area contributed by atoms with Gasteiger partial charge in [0.25, 0.3) is 5.91 Å². The van der Waals surface area contributed by atoms with E-state index in [-0.39, 0.29) is 5.91 Å². The van der Waals surface area contributed by atoms with Crippen LogP contribution in [0.15, 0.2) is 29.2 Å². The van der Waals surface area contributed by atoms with Crippen LogP contribution in [0.2, 0.25) is 0 Å². The Hall–Kier alpha value is -1.51. The molecule has 0 atom stereocenters. The monoisotopic (exact) mass is 289 g/mol. The van der Waals surface area contributed by atoms with E-state index in [0.29, 0.717) is 18.4 Å². The first-order valence-electron chi connectivity index (χ1n) is 6.65. The summed E-state index contributed by atoms with van der Waals surface area (Å²) in [6.07, 6.45) is 3.29. The molecule has 1 amide bonds. The Morgan fingerprint density at radius 2 is 2.05 bits per heavy atom. The van der Waals surface area contributed by atoms with E-state index in [4.69, 9.17) is 0 Å². The van der Waals surface area contributed by atoms with Gasteiger partial charge in [-0.2, -0.15) is 5.26 Å². The van der Waals surface area contributed by atoms with Gasteiger partial charge in [0.05, 0.1) is 11.6 Å². The highest BCUT2D eigenvalue weighted by Gasteiger charge is 2.35. The van der Waals surface area contributed by atoms with Crippen LogP contribution < -0.4 is 5.32 Å². The summed E-state index contributed by atoms with van der Waals surface area (Å²) in [5.41, 5.74) is -0.0803. The number of thioether (sulfide) groups is 1. The average Bonchev–Trinajstić information content (AvgIpc) is 2.49. The number of likely N-dealkylation sites (tertiary alicyclic amines) is 1. The van der Waals surface area contributed by atoms with E-state index in [9.17, 15) is 10.1 Å². The van der Waals surface area contributed by atoms with Gasteiger partial charge in [0.2, 0.25) is 0 Å². The molecular weight excluding hydrogens is 270 g/mol. The number of carbonyl (C=O) groups excluding carboxylic acids is 1. The predicted octanol–water partition coefficient (Wildman–Crippen LogP) is 2.13. The Balaban J connectivity index is 2.16. The molecule has 1 aliphatic heterocycles. The molecule has 0 aromatic heterocycles. The first-order chi connectivity index (χ1) is 9.60. The fourth-order valence-corrected chi connectivity index (χ4v) is 2.98. The number of nitrogens with one attached hydrogen (secondary N) is 1. The molecule has 1 aliphatic rings. The molecule has 1 aromatic rings. The van der Waals surface area contributed by atoms with E-state index >= 15 is 0 Å². The maximum atomic E-state index is 12.4. The molecule has 1 saturated heterocycles. The van der Waals surface area contributed by atoms with E-state index in [0.717, 1.165) is 18.0 Å². The third-order valence-electron chi connectivity index (χ3n) is 3.76. The van der Waals surface area contributed by atoms with Crippen LogP contribution in [-0.2, 0) is 0 Å². The first kappa shape index (κ1) is 14.9. The molecule has 5 heteroatoms. The van der Waals surface area contributed by atoms with Crippen molar-refractivity contribution in [2.45, 2.75) is 23.3 Å². The lowest BCUT2D eigenvalue weighted by Gasteiger charge is -2.36. The number of piperidine rings is 1. The van der Waals surface area contributed by atoms with Crippen LogP contribution in [0.4, 0.5) is 0 Å². The molecule has 2 rings (SSSR count). The minimum Gasteiger partial charge on any atom is -0.334 e. The molecule has 0 saturated carbocycles. The smallest absolute Gasteiger partial charge is 0.253 e. The van der Waals surface area contributed by atoms with Crippen molar-refractivity contribution < 1.29 is 4.79 Å². The zero-order valence-corrected chi connectivity index (χ0v) is 12.7. The van der Waals surface area contributed by atoms with Gasteiger partial charge >= 0.3 is 0 Å². The summed E-state index contributed by atoms with van der Waals surface area (Å²) in [6, 6.07) is 9.81. The second-order valence-electron chi connectivity index (χ2n) is 5.15. The molecular formula is C15H19N3OS. The Morgan fingerprint density at radius 1 is 1.40 bits per heavy atom. The Morgan fingerprint density at radius 3 is 2.65 bits per heavy atom. The van der Waals surface area contributed by atoms with E-state index in [2.05, 4.69) is 16.3 Å². The summed E-state index contributed by atoms with van der Waals surface area (Å²) in [6.45, 7) is 1.66. The number of amides is 1. The molecule has 0 aliphatic carbocycles. The number of nitriles is 1. The van der Waals surface area contributed by atoms with Gasteiger partial charge < -0.3 is 10.2 Å². The maximum Gasteiger partial charge on any atom is 0.253 e. The highest BCUT2D eigenvalue weighted by molar-refractivity contribution is 7.98. The number of hydrogen-bond donors (Lipinski definition) is 1. The molecule has 1 N–H and O–H groups in total. The van der Waals surface area contributed by atoms with Crippen molar-refractivity contribution in [3.63, 3.8) is 0 Å². The van der Waals surface area contributed by atoms with E-state index in [1.807, 2.05) is 31.5 Å². The van der Waals surface area contributed by atoms with Crippen LogP contribution in [0.1, 0.15) is 23.2 Å². The van der Waals surface area contributed by atoms with Crippen LogP contribution in [0, 0.1) is 11.3 Å². The number of carbonyl (C=O) groups is 1. The number of hydrogen-bond acceptors (Lipinski definition) is 4. The van der Waals surface area contributed by atoms with Crippen molar-refractivity contribution in [2.75, 3.05) is 26.4 Å². The van der Waals surface area contributed by atoms with Gasteiger partial charge in [0.1, 0.15) is 5.54 Å². The highest BCUT2D eigenvalue weighted by atomic mass is 32.2. The second kappa shape index (κ2) is 6.29. The number of benzene rings is 1. The fraction of sp³-hybridized carbons (Fsp3) is 0.467. The van der Waals surface area contributed by atoms with Gasteiger partial charge in [0, 0.05) is 18.0 Å². The summed E-state index contributed by atoms with van der Waals surface area (Å²) in [5.74, 6) is -0.152. The van der Waals surface area contributed by atoms with Gasteiger partial charge in [-0.3, -0.25) is 4.79 Å². The van der Waals surface area contributed by atoms with Crippen molar-refractivity contribution in [1.29, 1.82) is 5.26 Å². The molecule has 20 heavy (non-hydrogen) atoms. The van der Waals surface area contributed by atoms with Gasteiger partial charge in [-0.15, -0.1) is 11.8 Å². The first-order valence-corrected chi connectivity index (χ1v) is 7.88. The van der Waals surface area contributed by atoms with Gasteiger partial charge in [-0.1, -0.05) is 12.1 Å². The third-order valence-corrected chi connectivity index (χ3v) is 4.55. The second-order valence-corrected chi connectivity index (χ2v) is 6.00. The summed E-state index contributed by atoms with van der Waals surface area (Å²) >= 11 is 1.54. The van der Waals surface area contributed by atoms with Crippen LogP contribution >= 0.6 is 11.8 Å². The van der Waals surface area contributed by atoms with Crippen molar-refractivity contribution in [1.82, 2.24) is 10.2 Å². The molecule has 1 fully saturated rings. The van der Waals surface area contributed by atoms with Crippen molar-refractivity contribution in [3.05, 3.63) is 29.8 Å². The SMILES string of the molecule is CSc1ccccc1C(=O)NC1(C#N)CCN(C)CC1. The average molecular weight is 289 g/mol. The maximum absolute atomic E-state index is 12.4. The lowest BCUT2D eigenvalue weighted by molar-refractivity contribution is 0.0879. The Bertz CT molecular complexity index is 530. The van der Waals surface area contributed by atoms with Crippen LogP contribution in [0.5, 0.6) is 0 Å². The zero-order chi connectivity index (χ0) is 14.6. The van der Waals surface area contributed by atoms with Crippen LogP contribution in [-0.4, -0.2) is 42.7 Å². The minimum absolute atomic E-state index is 0.152. The lowest BCUT2D eigenvalue weighted by atomic mass is 9.89. The predicted molar refractivity (Wildman–Crippen MR) is 80.8 cm³/mol. The van der Waals surface area contributed by atoms with Crippen molar-refractivity contribution in [3.8, 4) is 6.07 Å². The third kappa shape index (κ3) is 3.14. The van der Waals surface area contributed by atoms with E-state index < -0.39 is 5.54 Å². The molecule has 0 unspecified atom stereocenters. The van der Waals surface area contributed by atoms with Gasteiger partial charge in [0.15, 0.2) is 0 Å². The largest absolute Gasteiger partial charge is 0.334 e. The summed E-state index contributed by atoms with van der Waals surface area (Å²) in [5, 5.41) is 12.4. The Labute approximate surface area is 124 Å². The van der Waals surface area contributed by atoms with Gasteiger partial charge in [-0.05, 0) is 38.3 Å². The Kier molecular flexibility index (Phi) is 4.69. The van der Waals surface area contributed by atoms with Crippen molar-refractivity contribution in [2.24, 2.45) is 0 Å². The summed E-state index contributed by atoms with van der Waals surface area (Å²) in [7, 11) is 2.03. The van der Waals surface area contributed by atoms with E-state index in [1.165, 1.54) is 0 Å². The molecule has 4 nitrogen and oxygen atoms in total. The molecule has 106 valence electrons. The van der Waals surface area contributed by atoms with Crippen LogP contribution in [0.3, 0.4) is 0 Å². The molecule has 0 spiro atoms. The summed E-state index contributed by atoms with van der Waals surface area (Å²) in [4.78, 5) is 15.6. The summed E-state index contributed by atoms with van der Waals surface area (Å²) < 4.78 is 0. The quantitative estimate of drug-likeness (QED) is 0.866. The molecule has 1 heterocycles. The lowest BCUT2D eigenvalue weighted by Crippen LogP contribution is -2.53. The van der Waals surface area contributed by atoms with Gasteiger partial charge in [-0.25, -0.2) is 0 Å². The molecule has 0 bridgehead atoms. The standard InChI is InChI=1S/C15H19N3OS/c1-18-9-7-15(11-16,8-10-18)17-14(19)12-5-3-4-6-13(12)20-2/h3-6H,7-10H2,1-2H3,(H,17,19). The fourth-order valence-electron chi connectivity index (χ4n) is 2.38. The number of rotatable bonds is 3. The van der Waals surface area contributed by atoms with Crippen molar-refractivity contribution >= 4 is 17.7 Å². The zero-order valence-electron chi connectivity index (χ0n) is 11.8. The topological polar surface area (TPSA) is 56.1 Å². The van der Waals surface area contributed by atoms with E-state index in [1.54, 1.807) is 17.8 Å². The molecule has 1 aromatic carbocycles. The minimum atomic E-state index is -0.727. The molecule has 0 radical (unpaired) electrons. The number of nitrogens with zero attached hydrogens (tertiary/aromatic N) is 2. The normalized spacial score (nSPS) is 18.2.